The maximum Gasteiger partial charge on any atom is 0.335 e. The summed E-state index contributed by atoms with van der Waals surface area (Å²) in [5.41, 5.74) is 0.249. The first-order chi connectivity index (χ1) is 17.6. The number of carbonyl (C=O) groups is 2. The van der Waals surface area contributed by atoms with Crippen LogP contribution in [0.4, 0.5) is 0 Å². The van der Waals surface area contributed by atoms with Crippen molar-refractivity contribution in [1.82, 2.24) is 0 Å². The van der Waals surface area contributed by atoms with Gasteiger partial charge in [-0.05, 0) is 56.8 Å². The Morgan fingerprint density at radius 2 is 1.92 bits per heavy atom. The Morgan fingerprint density at radius 1 is 1.16 bits per heavy atom. The summed E-state index contributed by atoms with van der Waals surface area (Å²) in [7, 11) is 0. The van der Waals surface area contributed by atoms with Crippen LogP contribution in [0.15, 0.2) is 12.2 Å². The zero-order chi connectivity index (χ0) is 26.9. The Morgan fingerprint density at radius 3 is 2.62 bits per heavy atom. The van der Waals surface area contributed by atoms with Crippen molar-refractivity contribution in [3.05, 3.63) is 12.2 Å². The Bertz CT molecular complexity index is 842. The van der Waals surface area contributed by atoms with Crippen LogP contribution in [0.1, 0.15) is 92.4 Å². The normalized spacial score (nSPS) is 42.1. The van der Waals surface area contributed by atoms with E-state index in [2.05, 4.69) is 27.4 Å². The monoisotopic (exact) mass is 520 g/mol. The summed E-state index contributed by atoms with van der Waals surface area (Å²) >= 11 is 0. The van der Waals surface area contributed by atoms with Gasteiger partial charge in [0, 0.05) is 18.8 Å². The zero-order valence-electron chi connectivity index (χ0n) is 23.4. The van der Waals surface area contributed by atoms with Gasteiger partial charge in [-0.15, -0.1) is 0 Å². The van der Waals surface area contributed by atoms with Crippen molar-refractivity contribution in [1.29, 1.82) is 0 Å². The number of rotatable bonds is 8. The molecule has 1 aliphatic carbocycles. The summed E-state index contributed by atoms with van der Waals surface area (Å²) in [6, 6.07) is 0. The molecule has 11 atom stereocenters. The van der Waals surface area contributed by atoms with E-state index in [9.17, 15) is 14.7 Å². The molecule has 4 fully saturated rings. The van der Waals surface area contributed by atoms with Crippen molar-refractivity contribution in [2.75, 3.05) is 6.61 Å². The van der Waals surface area contributed by atoms with Crippen LogP contribution in [0.5, 0.6) is 0 Å². The van der Waals surface area contributed by atoms with Gasteiger partial charge in [0.1, 0.15) is 17.8 Å². The minimum absolute atomic E-state index is 0.0219. The molecule has 4 aliphatic rings. The van der Waals surface area contributed by atoms with E-state index in [1.165, 1.54) is 6.92 Å². The fourth-order valence-electron chi connectivity index (χ4n) is 7.64. The Hall–Kier alpha value is -1.44. The molecule has 4 rings (SSSR count). The van der Waals surface area contributed by atoms with Gasteiger partial charge in [0.15, 0.2) is 6.10 Å². The van der Waals surface area contributed by atoms with E-state index in [1.807, 2.05) is 6.92 Å². The third-order valence-electron chi connectivity index (χ3n) is 9.63. The summed E-state index contributed by atoms with van der Waals surface area (Å²) in [4.78, 5) is 25.2. The van der Waals surface area contributed by atoms with Gasteiger partial charge in [-0.1, -0.05) is 58.6 Å². The first-order valence-corrected chi connectivity index (χ1v) is 14.6. The number of hydrogen-bond donors (Lipinski definition) is 1. The summed E-state index contributed by atoms with van der Waals surface area (Å²) in [5.74, 6) is 0.0221. The number of hydrogen-bond acceptors (Lipinski definition) is 7. The second kappa shape index (κ2) is 11.7. The van der Waals surface area contributed by atoms with Crippen LogP contribution >= 0.6 is 0 Å². The van der Waals surface area contributed by atoms with Crippen LogP contribution in [0, 0.1) is 29.6 Å². The van der Waals surface area contributed by atoms with E-state index < -0.39 is 23.8 Å². The summed E-state index contributed by atoms with van der Waals surface area (Å²) in [6.07, 6.45) is 5.10. The molecule has 0 aromatic rings. The molecule has 1 N–H and O–H groups in total. The molecule has 3 heterocycles. The molecule has 0 radical (unpaired) electrons. The minimum atomic E-state index is -1.10. The molecule has 1 saturated carbocycles. The maximum atomic E-state index is 13.1. The molecular formula is C30H48O7. The van der Waals surface area contributed by atoms with Gasteiger partial charge in [-0.25, -0.2) is 4.79 Å². The van der Waals surface area contributed by atoms with Crippen LogP contribution in [-0.4, -0.2) is 59.8 Å². The first kappa shape index (κ1) is 28.6. The standard InChI is InChI=1S/C30H48O7/c1-7-8-9-10-11-22(32)29(33)37-27-18(3)15-21-19(4)16-34-30(6)24(35-20(5)31)13-12-17(2)14-23-26(27)25(21)28(30)36-23/h18-19,21-28,32H,2,7-16H2,1,3-6H3. The largest absolute Gasteiger partial charge is 0.460 e. The van der Waals surface area contributed by atoms with Crippen molar-refractivity contribution in [2.24, 2.45) is 29.6 Å². The van der Waals surface area contributed by atoms with Crippen molar-refractivity contribution < 1.29 is 33.6 Å². The SMILES string of the molecule is C=C1CCC(OC(C)=O)C2(C)OCC(C)C3CC(C)C(OC(=O)C(O)CCCCCC)C4C(C1)OC2C34. The second-order valence-electron chi connectivity index (χ2n) is 12.5. The van der Waals surface area contributed by atoms with Crippen LogP contribution in [0.3, 0.4) is 0 Å². The first-order valence-electron chi connectivity index (χ1n) is 14.6. The molecule has 7 nitrogen and oxygen atoms in total. The lowest BCUT2D eigenvalue weighted by atomic mass is 9.59. The quantitative estimate of drug-likeness (QED) is 0.274. The molecule has 0 aromatic carbocycles. The van der Waals surface area contributed by atoms with Gasteiger partial charge in [-0.3, -0.25) is 4.79 Å². The number of esters is 2. The molecule has 0 amide bonds. The van der Waals surface area contributed by atoms with Gasteiger partial charge in [-0.2, -0.15) is 0 Å². The lowest BCUT2D eigenvalue weighted by molar-refractivity contribution is -0.201. The smallest absolute Gasteiger partial charge is 0.335 e. The highest BCUT2D eigenvalue weighted by Crippen LogP contribution is 2.58. The van der Waals surface area contributed by atoms with E-state index in [1.54, 1.807) is 0 Å². The Labute approximate surface area is 222 Å². The molecule has 7 heteroatoms. The highest BCUT2D eigenvalue weighted by Gasteiger charge is 2.65. The fraction of sp³-hybridized carbons (Fsp3) is 0.867. The van der Waals surface area contributed by atoms with Gasteiger partial charge in [0.2, 0.25) is 0 Å². The third kappa shape index (κ3) is 5.79. The predicted molar refractivity (Wildman–Crippen MR) is 140 cm³/mol. The molecule has 11 unspecified atom stereocenters. The number of ether oxygens (including phenoxy) is 4. The van der Waals surface area contributed by atoms with Crippen LogP contribution in [0.2, 0.25) is 0 Å². The number of aliphatic hydroxyl groups is 1. The number of fused-ring (bicyclic) bond motifs is 2. The molecule has 37 heavy (non-hydrogen) atoms. The second-order valence-corrected chi connectivity index (χ2v) is 12.5. The molecule has 0 aromatic heterocycles. The van der Waals surface area contributed by atoms with E-state index in [-0.39, 0.29) is 42.0 Å². The lowest BCUT2D eigenvalue weighted by Crippen LogP contribution is -2.57. The van der Waals surface area contributed by atoms with Gasteiger partial charge < -0.3 is 24.1 Å². The molecule has 3 aliphatic heterocycles. The number of unbranched alkanes of at least 4 members (excludes halogenated alkanes) is 3. The van der Waals surface area contributed by atoms with E-state index in [0.717, 1.165) is 44.1 Å². The topological polar surface area (TPSA) is 91.3 Å². The van der Waals surface area contributed by atoms with Crippen molar-refractivity contribution >= 4 is 11.9 Å². The molecule has 2 bridgehead atoms. The van der Waals surface area contributed by atoms with E-state index in [0.29, 0.717) is 37.7 Å². The van der Waals surface area contributed by atoms with E-state index in [4.69, 9.17) is 18.9 Å². The van der Waals surface area contributed by atoms with Crippen LogP contribution < -0.4 is 0 Å². The maximum absolute atomic E-state index is 13.1. The number of carbonyl (C=O) groups excluding carboxylic acids is 2. The average molecular weight is 521 g/mol. The van der Waals surface area contributed by atoms with Crippen molar-refractivity contribution in [3.63, 3.8) is 0 Å². The van der Waals surface area contributed by atoms with Gasteiger partial charge in [0.25, 0.3) is 0 Å². The van der Waals surface area contributed by atoms with Crippen molar-refractivity contribution in [3.8, 4) is 0 Å². The molecule has 210 valence electrons. The summed E-state index contributed by atoms with van der Waals surface area (Å²) in [6.45, 7) is 14.9. The lowest BCUT2D eigenvalue weighted by Gasteiger charge is -2.47. The van der Waals surface area contributed by atoms with Gasteiger partial charge in [0.05, 0.1) is 18.8 Å². The van der Waals surface area contributed by atoms with Crippen molar-refractivity contribution in [2.45, 2.75) is 129 Å². The van der Waals surface area contributed by atoms with Crippen LogP contribution in [-0.2, 0) is 28.5 Å². The Kier molecular flexibility index (Phi) is 9.07. The number of aliphatic hydroxyl groups excluding tert-OH is 1. The van der Waals surface area contributed by atoms with E-state index >= 15 is 0 Å². The highest BCUT2D eigenvalue weighted by molar-refractivity contribution is 5.74. The molecule has 3 saturated heterocycles. The average Bonchev–Trinajstić information content (AvgIpc) is 3.19. The van der Waals surface area contributed by atoms with Crippen LogP contribution in [0.25, 0.3) is 0 Å². The van der Waals surface area contributed by atoms with Gasteiger partial charge >= 0.3 is 11.9 Å². The fourth-order valence-corrected chi connectivity index (χ4v) is 7.64. The third-order valence-corrected chi connectivity index (χ3v) is 9.63. The highest BCUT2D eigenvalue weighted by atomic mass is 16.6. The zero-order valence-corrected chi connectivity index (χ0v) is 23.4. The predicted octanol–water partition coefficient (Wildman–Crippen LogP) is 4.98. The summed E-state index contributed by atoms with van der Waals surface area (Å²) in [5, 5.41) is 10.6. The Balaban J connectivity index is 1.64. The molecular weight excluding hydrogens is 472 g/mol. The summed E-state index contributed by atoms with van der Waals surface area (Å²) < 4.78 is 25.5. The minimum Gasteiger partial charge on any atom is -0.460 e. The molecule has 0 spiro atoms.